The van der Waals surface area contributed by atoms with Gasteiger partial charge in [0.25, 0.3) is 0 Å². The van der Waals surface area contributed by atoms with E-state index in [0.717, 1.165) is 12.8 Å². The number of nitrogens with two attached hydrogens (primary N) is 1. The molecule has 1 amide bonds. The topological polar surface area (TPSA) is 113 Å². The fourth-order valence-corrected chi connectivity index (χ4v) is 1.92. The van der Waals surface area contributed by atoms with Crippen molar-refractivity contribution >= 4 is 11.9 Å². The molecular formula is C10H18N2O4. The van der Waals surface area contributed by atoms with Gasteiger partial charge in [-0.25, -0.2) is 4.79 Å². The molecule has 0 aromatic rings. The molecule has 0 saturated heterocycles. The summed E-state index contributed by atoms with van der Waals surface area (Å²) in [4.78, 5) is 22.6. The number of nitrogens with one attached hydrogen (secondary N) is 1. The summed E-state index contributed by atoms with van der Waals surface area (Å²) in [5.41, 5.74) is 4.95. The molecule has 1 rings (SSSR count). The molecular weight excluding hydrogens is 212 g/mol. The number of hydrogen-bond acceptors (Lipinski definition) is 4. The summed E-state index contributed by atoms with van der Waals surface area (Å²) in [5, 5.41) is 19.9. The van der Waals surface area contributed by atoms with E-state index in [1.807, 2.05) is 0 Å². The van der Waals surface area contributed by atoms with Crippen molar-refractivity contribution in [3.8, 4) is 0 Å². The summed E-state index contributed by atoms with van der Waals surface area (Å²) >= 11 is 0. The van der Waals surface area contributed by atoms with Gasteiger partial charge in [0.2, 0.25) is 5.91 Å². The largest absolute Gasteiger partial charge is 0.480 e. The lowest BCUT2D eigenvalue weighted by atomic mass is 9.97. The number of carbonyl (C=O) groups excluding carboxylic acids is 1. The van der Waals surface area contributed by atoms with Crippen LogP contribution in [0, 0.1) is 0 Å². The highest BCUT2D eigenvalue weighted by Gasteiger charge is 2.38. The van der Waals surface area contributed by atoms with Crippen molar-refractivity contribution in [1.29, 1.82) is 0 Å². The van der Waals surface area contributed by atoms with E-state index in [1.165, 1.54) is 0 Å². The van der Waals surface area contributed by atoms with Crippen LogP contribution in [0.5, 0.6) is 0 Å². The van der Waals surface area contributed by atoms with E-state index in [0.29, 0.717) is 12.8 Å². The van der Waals surface area contributed by atoms with Crippen LogP contribution >= 0.6 is 0 Å². The molecule has 6 nitrogen and oxygen atoms in total. The molecule has 1 fully saturated rings. The fraction of sp³-hybridized carbons (Fsp3) is 0.800. The van der Waals surface area contributed by atoms with Crippen LogP contribution in [-0.4, -0.2) is 40.3 Å². The van der Waals surface area contributed by atoms with Crippen LogP contribution in [0.25, 0.3) is 0 Å². The van der Waals surface area contributed by atoms with Gasteiger partial charge in [0, 0.05) is 13.0 Å². The van der Waals surface area contributed by atoms with Crippen molar-refractivity contribution in [2.45, 2.75) is 43.7 Å². The maximum absolute atomic E-state index is 11.8. The Morgan fingerprint density at radius 2 is 1.94 bits per heavy atom. The number of carbonyl (C=O) groups is 2. The number of amides is 1. The molecule has 16 heavy (non-hydrogen) atoms. The highest BCUT2D eigenvalue weighted by Crippen LogP contribution is 2.27. The summed E-state index contributed by atoms with van der Waals surface area (Å²) in [7, 11) is 0. The van der Waals surface area contributed by atoms with Gasteiger partial charge in [-0.2, -0.15) is 0 Å². The Hall–Kier alpha value is -1.14. The third-order valence-electron chi connectivity index (χ3n) is 2.97. The van der Waals surface area contributed by atoms with Gasteiger partial charge >= 0.3 is 5.97 Å². The Kier molecular flexibility index (Phi) is 4.26. The highest BCUT2D eigenvalue weighted by molar-refractivity contribution is 5.90. The number of rotatable bonds is 5. The van der Waals surface area contributed by atoms with Crippen LogP contribution in [0.3, 0.4) is 0 Å². The van der Waals surface area contributed by atoms with E-state index in [9.17, 15) is 9.59 Å². The molecule has 0 heterocycles. The van der Waals surface area contributed by atoms with Crippen molar-refractivity contribution < 1.29 is 19.8 Å². The third kappa shape index (κ3) is 2.93. The fourth-order valence-electron chi connectivity index (χ4n) is 1.92. The number of hydrogen-bond donors (Lipinski definition) is 4. The Bertz CT molecular complexity index is 274. The SMILES string of the molecule is NC1(C(=O)N[C@@H](CCO)C(=O)O)CCCC1. The van der Waals surface area contributed by atoms with E-state index in [2.05, 4.69) is 5.32 Å². The maximum Gasteiger partial charge on any atom is 0.326 e. The minimum absolute atomic E-state index is 0.00282. The normalized spacial score (nSPS) is 20.4. The molecule has 0 bridgehead atoms. The predicted octanol–water partition coefficient (Wildman–Crippen LogP) is -0.790. The van der Waals surface area contributed by atoms with Crippen molar-refractivity contribution in [2.75, 3.05) is 6.61 Å². The Balaban J connectivity index is 2.57. The first-order chi connectivity index (χ1) is 7.49. The van der Waals surface area contributed by atoms with Gasteiger partial charge in [0.1, 0.15) is 6.04 Å². The lowest BCUT2D eigenvalue weighted by Gasteiger charge is -2.24. The first-order valence-electron chi connectivity index (χ1n) is 5.43. The van der Waals surface area contributed by atoms with Gasteiger partial charge in [-0.3, -0.25) is 4.79 Å². The summed E-state index contributed by atoms with van der Waals surface area (Å²) in [6.45, 7) is -0.283. The van der Waals surface area contributed by atoms with E-state index < -0.39 is 23.5 Å². The first-order valence-corrected chi connectivity index (χ1v) is 5.43. The lowest BCUT2D eigenvalue weighted by Crippen LogP contribution is -2.56. The minimum atomic E-state index is -1.15. The molecule has 1 aliphatic rings. The summed E-state index contributed by atoms with van der Waals surface area (Å²) < 4.78 is 0. The van der Waals surface area contributed by atoms with Gasteiger partial charge in [-0.1, -0.05) is 12.8 Å². The highest BCUT2D eigenvalue weighted by atomic mass is 16.4. The molecule has 1 atom stereocenters. The van der Waals surface area contributed by atoms with E-state index in [-0.39, 0.29) is 13.0 Å². The number of carboxylic acids is 1. The zero-order chi connectivity index (χ0) is 12.2. The van der Waals surface area contributed by atoms with Crippen molar-refractivity contribution in [3.05, 3.63) is 0 Å². The molecule has 92 valence electrons. The molecule has 6 heteroatoms. The smallest absolute Gasteiger partial charge is 0.326 e. The predicted molar refractivity (Wildman–Crippen MR) is 56.7 cm³/mol. The Morgan fingerprint density at radius 1 is 1.38 bits per heavy atom. The molecule has 0 unspecified atom stereocenters. The van der Waals surface area contributed by atoms with Crippen LogP contribution in [0.4, 0.5) is 0 Å². The van der Waals surface area contributed by atoms with Crippen LogP contribution in [0.1, 0.15) is 32.1 Å². The third-order valence-corrected chi connectivity index (χ3v) is 2.97. The zero-order valence-corrected chi connectivity index (χ0v) is 9.11. The number of aliphatic carboxylic acids is 1. The second-order valence-corrected chi connectivity index (χ2v) is 4.24. The van der Waals surface area contributed by atoms with Crippen LogP contribution in [-0.2, 0) is 9.59 Å². The monoisotopic (exact) mass is 230 g/mol. The quantitative estimate of drug-likeness (QED) is 0.494. The second kappa shape index (κ2) is 5.27. The molecule has 0 aliphatic heterocycles. The number of carboxylic acid groups (broad SMARTS) is 1. The summed E-state index contributed by atoms with van der Waals surface area (Å²) in [6.07, 6.45) is 2.95. The maximum atomic E-state index is 11.8. The van der Waals surface area contributed by atoms with E-state index >= 15 is 0 Å². The zero-order valence-electron chi connectivity index (χ0n) is 9.11. The number of aliphatic hydroxyl groups is 1. The van der Waals surface area contributed by atoms with Crippen LogP contribution in [0.15, 0.2) is 0 Å². The summed E-state index contributed by atoms with van der Waals surface area (Å²) in [6, 6.07) is -1.06. The first kappa shape index (κ1) is 12.9. The lowest BCUT2D eigenvalue weighted by molar-refractivity contribution is -0.143. The number of aliphatic hydroxyl groups excluding tert-OH is 1. The van der Waals surface area contributed by atoms with Gasteiger partial charge in [0.05, 0.1) is 5.54 Å². The van der Waals surface area contributed by atoms with Crippen molar-refractivity contribution in [3.63, 3.8) is 0 Å². The van der Waals surface area contributed by atoms with E-state index in [4.69, 9.17) is 15.9 Å². The van der Waals surface area contributed by atoms with Gasteiger partial charge in [-0.15, -0.1) is 0 Å². The molecule has 1 saturated carbocycles. The van der Waals surface area contributed by atoms with E-state index in [1.54, 1.807) is 0 Å². The summed E-state index contributed by atoms with van der Waals surface area (Å²) in [5.74, 6) is -1.57. The molecule has 1 aliphatic carbocycles. The Morgan fingerprint density at radius 3 is 2.38 bits per heavy atom. The van der Waals surface area contributed by atoms with Crippen molar-refractivity contribution in [1.82, 2.24) is 5.32 Å². The molecule has 0 spiro atoms. The molecule has 5 N–H and O–H groups in total. The second-order valence-electron chi connectivity index (χ2n) is 4.24. The van der Waals surface area contributed by atoms with Gasteiger partial charge in [0.15, 0.2) is 0 Å². The van der Waals surface area contributed by atoms with Gasteiger partial charge in [-0.05, 0) is 12.8 Å². The van der Waals surface area contributed by atoms with Crippen LogP contribution in [0.2, 0.25) is 0 Å². The Labute approximate surface area is 93.8 Å². The average molecular weight is 230 g/mol. The molecule has 0 aromatic carbocycles. The van der Waals surface area contributed by atoms with Crippen LogP contribution < -0.4 is 11.1 Å². The van der Waals surface area contributed by atoms with Crippen molar-refractivity contribution in [2.24, 2.45) is 5.73 Å². The molecule has 0 radical (unpaired) electrons. The average Bonchev–Trinajstić information content (AvgIpc) is 2.65. The standard InChI is InChI=1S/C10H18N2O4/c11-10(4-1-2-5-10)9(16)12-7(3-6-13)8(14)15/h7,13H,1-6,11H2,(H,12,16)(H,14,15)/t7-/m0/s1. The minimum Gasteiger partial charge on any atom is -0.480 e. The molecule has 0 aromatic heterocycles. The van der Waals surface area contributed by atoms with Gasteiger partial charge < -0.3 is 21.3 Å².